The van der Waals surface area contributed by atoms with E-state index in [0.29, 0.717) is 18.1 Å². The van der Waals surface area contributed by atoms with Crippen LogP contribution in [0.1, 0.15) is 16.1 Å². The lowest BCUT2D eigenvalue weighted by atomic mass is 10.2. The van der Waals surface area contributed by atoms with Gasteiger partial charge in [0, 0.05) is 20.9 Å². The number of hydrogen-bond acceptors (Lipinski definition) is 4. The maximum Gasteiger partial charge on any atom is 0.358 e. The van der Waals surface area contributed by atoms with Crippen LogP contribution in [-0.4, -0.2) is 30.2 Å². The van der Waals surface area contributed by atoms with E-state index >= 15 is 0 Å². The molecule has 0 saturated carbocycles. The number of imidazole rings is 1. The minimum absolute atomic E-state index is 0.233. The molecule has 7 heteroatoms. The van der Waals surface area contributed by atoms with Crippen molar-refractivity contribution in [3.8, 4) is 0 Å². The Hall–Kier alpha value is -1.44. The average molecular weight is 411 g/mol. The van der Waals surface area contributed by atoms with E-state index in [-0.39, 0.29) is 12.3 Å². The van der Waals surface area contributed by atoms with Gasteiger partial charge in [-0.15, -0.1) is 0 Å². The molecule has 2 rings (SSSR count). The molecule has 24 heavy (non-hydrogen) atoms. The molecule has 0 radical (unpaired) electrons. The van der Waals surface area contributed by atoms with Gasteiger partial charge in [-0.1, -0.05) is 50.0 Å². The topological polar surface area (TPSA) is 53.4 Å². The fourth-order valence-electron chi connectivity index (χ4n) is 1.92. The molecule has 2 aromatic rings. The molecule has 1 aromatic carbocycles. The Morgan fingerprint density at radius 2 is 1.96 bits per heavy atom. The Kier molecular flexibility index (Phi) is 6.76. The van der Waals surface area contributed by atoms with Crippen LogP contribution in [0.4, 0.5) is 0 Å². The van der Waals surface area contributed by atoms with Gasteiger partial charge < -0.3 is 14.0 Å². The van der Waals surface area contributed by atoms with E-state index in [0.717, 1.165) is 11.6 Å². The standard InChI is InChI=1S/C17H23BrN2O3Si/c1-24(2,3)10-9-22-13-20-11-15(19-17(20)18)16(21)23-12-14-7-5-4-6-8-14/h4-8,11H,9-10,12-13H2,1-3H3. The molecule has 0 aliphatic heterocycles. The number of rotatable bonds is 8. The predicted octanol–water partition coefficient (Wildman–Crippen LogP) is 4.31. The molecule has 0 fully saturated rings. The highest BCUT2D eigenvalue weighted by molar-refractivity contribution is 9.10. The van der Waals surface area contributed by atoms with Gasteiger partial charge in [0.05, 0.1) is 0 Å². The van der Waals surface area contributed by atoms with Gasteiger partial charge in [-0.05, 0) is 27.5 Å². The zero-order valence-electron chi connectivity index (χ0n) is 14.3. The number of carbonyl (C=O) groups excluding carboxylic acids is 1. The first kappa shape index (κ1) is 18.9. The molecule has 0 saturated heterocycles. The van der Waals surface area contributed by atoms with Gasteiger partial charge in [-0.2, -0.15) is 0 Å². The molecule has 0 N–H and O–H groups in total. The SMILES string of the molecule is C[Si](C)(C)CCOCn1cc(C(=O)OCc2ccccc2)nc1Br. The second-order valence-electron chi connectivity index (χ2n) is 6.77. The van der Waals surface area contributed by atoms with Gasteiger partial charge in [0.1, 0.15) is 13.3 Å². The Morgan fingerprint density at radius 1 is 1.25 bits per heavy atom. The summed E-state index contributed by atoms with van der Waals surface area (Å²) >= 11 is 3.35. The van der Waals surface area contributed by atoms with Crippen molar-refractivity contribution in [3.05, 3.63) is 52.5 Å². The summed E-state index contributed by atoms with van der Waals surface area (Å²) in [4.78, 5) is 16.3. The van der Waals surface area contributed by atoms with Crippen molar-refractivity contribution in [2.75, 3.05) is 6.61 Å². The van der Waals surface area contributed by atoms with Crippen LogP contribution in [0.5, 0.6) is 0 Å². The minimum atomic E-state index is -1.10. The smallest absolute Gasteiger partial charge is 0.358 e. The van der Waals surface area contributed by atoms with Crippen molar-refractivity contribution in [3.63, 3.8) is 0 Å². The van der Waals surface area contributed by atoms with Crippen molar-refractivity contribution in [1.82, 2.24) is 9.55 Å². The van der Waals surface area contributed by atoms with Crippen LogP contribution in [0.15, 0.2) is 41.3 Å². The molecule has 0 aliphatic rings. The molecule has 0 bridgehead atoms. The van der Waals surface area contributed by atoms with E-state index in [1.807, 2.05) is 30.3 Å². The summed E-state index contributed by atoms with van der Waals surface area (Å²) < 4.78 is 13.3. The van der Waals surface area contributed by atoms with E-state index in [9.17, 15) is 4.79 Å². The van der Waals surface area contributed by atoms with E-state index in [2.05, 4.69) is 40.6 Å². The third-order valence-electron chi connectivity index (χ3n) is 3.38. The number of aromatic nitrogens is 2. The highest BCUT2D eigenvalue weighted by atomic mass is 79.9. The summed E-state index contributed by atoms with van der Waals surface area (Å²) in [5.41, 5.74) is 1.21. The highest BCUT2D eigenvalue weighted by Gasteiger charge is 2.15. The molecule has 1 heterocycles. The summed E-state index contributed by atoms with van der Waals surface area (Å²) in [6.45, 7) is 8.24. The lowest BCUT2D eigenvalue weighted by molar-refractivity contribution is 0.0465. The van der Waals surface area contributed by atoms with Gasteiger partial charge in [-0.25, -0.2) is 9.78 Å². The van der Waals surface area contributed by atoms with Crippen molar-refractivity contribution in [2.45, 2.75) is 39.0 Å². The predicted molar refractivity (Wildman–Crippen MR) is 99.6 cm³/mol. The normalized spacial score (nSPS) is 11.5. The maximum atomic E-state index is 12.1. The zero-order chi connectivity index (χ0) is 17.6. The van der Waals surface area contributed by atoms with Crippen LogP contribution in [0, 0.1) is 0 Å². The van der Waals surface area contributed by atoms with Gasteiger partial charge in [0.2, 0.25) is 0 Å². The quantitative estimate of drug-likeness (QED) is 0.369. The molecule has 1 aromatic heterocycles. The van der Waals surface area contributed by atoms with E-state index in [1.165, 1.54) is 0 Å². The molecular formula is C17H23BrN2O3Si. The largest absolute Gasteiger partial charge is 0.456 e. The Morgan fingerprint density at radius 3 is 2.62 bits per heavy atom. The number of halogens is 1. The van der Waals surface area contributed by atoms with Crippen LogP contribution in [-0.2, 0) is 22.8 Å². The van der Waals surface area contributed by atoms with Crippen molar-refractivity contribution >= 4 is 30.0 Å². The summed E-state index contributed by atoms with van der Waals surface area (Å²) in [6.07, 6.45) is 1.64. The first-order valence-electron chi connectivity index (χ1n) is 7.86. The van der Waals surface area contributed by atoms with Crippen LogP contribution in [0.3, 0.4) is 0 Å². The average Bonchev–Trinajstić information content (AvgIpc) is 2.90. The Balaban J connectivity index is 1.84. The first-order chi connectivity index (χ1) is 11.3. The molecule has 0 spiro atoms. The third-order valence-corrected chi connectivity index (χ3v) is 5.71. The summed E-state index contributed by atoms with van der Waals surface area (Å²) in [5, 5.41) is 0. The Labute approximate surface area is 152 Å². The van der Waals surface area contributed by atoms with Crippen LogP contribution in [0.25, 0.3) is 0 Å². The maximum absolute atomic E-state index is 12.1. The van der Waals surface area contributed by atoms with E-state index in [1.54, 1.807) is 10.8 Å². The van der Waals surface area contributed by atoms with E-state index in [4.69, 9.17) is 9.47 Å². The molecular weight excluding hydrogens is 388 g/mol. The summed E-state index contributed by atoms with van der Waals surface area (Å²) in [7, 11) is -1.10. The lowest BCUT2D eigenvalue weighted by Gasteiger charge is -2.15. The lowest BCUT2D eigenvalue weighted by Crippen LogP contribution is -2.22. The highest BCUT2D eigenvalue weighted by Crippen LogP contribution is 2.14. The first-order valence-corrected chi connectivity index (χ1v) is 12.4. The molecule has 0 aliphatic carbocycles. The molecule has 130 valence electrons. The monoisotopic (exact) mass is 410 g/mol. The fourth-order valence-corrected chi connectivity index (χ4v) is 3.07. The number of nitrogens with zero attached hydrogens (tertiary/aromatic N) is 2. The second-order valence-corrected chi connectivity index (χ2v) is 13.1. The molecule has 5 nitrogen and oxygen atoms in total. The van der Waals surface area contributed by atoms with Crippen molar-refractivity contribution in [1.29, 1.82) is 0 Å². The number of carbonyl (C=O) groups is 1. The minimum Gasteiger partial charge on any atom is -0.456 e. The van der Waals surface area contributed by atoms with Crippen LogP contribution in [0.2, 0.25) is 25.7 Å². The van der Waals surface area contributed by atoms with Crippen molar-refractivity contribution in [2.24, 2.45) is 0 Å². The summed E-state index contributed by atoms with van der Waals surface area (Å²) in [6, 6.07) is 10.7. The van der Waals surface area contributed by atoms with Gasteiger partial charge in [0.25, 0.3) is 0 Å². The number of benzene rings is 1. The molecule has 0 amide bonds. The fraction of sp³-hybridized carbons (Fsp3) is 0.412. The number of ether oxygens (including phenoxy) is 2. The molecule has 0 unspecified atom stereocenters. The number of esters is 1. The van der Waals surface area contributed by atoms with Crippen LogP contribution < -0.4 is 0 Å². The second kappa shape index (κ2) is 8.59. The van der Waals surface area contributed by atoms with E-state index < -0.39 is 14.0 Å². The van der Waals surface area contributed by atoms with Crippen molar-refractivity contribution < 1.29 is 14.3 Å². The molecule has 0 atom stereocenters. The van der Waals surface area contributed by atoms with Gasteiger partial charge >= 0.3 is 5.97 Å². The zero-order valence-corrected chi connectivity index (χ0v) is 16.9. The van der Waals surface area contributed by atoms with Crippen LogP contribution >= 0.6 is 15.9 Å². The van der Waals surface area contributed by atoms with Gasteiger partial charge in [-0.3, -0.25) is 0 Å². The summed E-state index contributed by atoms with van der Waals surface area (Å²) in [5.74, 6) is -0.444. The number of hydrogen-bond donors (Lipinski definition) is 0. The Bertz CT molecular complexity index is 668. The third kappa shape index (κ3) is 6.22. The van der Waals surface area contributed by atoms with Gasteiger partial charge in [0.15, 0.2) is 10.4 Å².